The van der Waals surface area contributed by atoms with Gasteiger partial charge in [0.2, 0.25) is 0 Å². The Kier molecular flexibility index (Phi) is 8.84. The molecule has 0 spiro atoms. The summed E-state index contributed by atoms with van der Waals surface area (Å²) in [6, 6.07) is 16.2. The minimum Gasteiger partial charge on any atom is -0.493 e. The number of nitrogens with one attached hydrogen (secondary N) is 2. The van der Waals surface area contributed by atoms with Gasteiger partial charge in [-0.3, -0.25) is 9.59 Å². The van der Waals surface area contributed by atoms with E-state index in [-0.39, 0.29) is 18.4 Å². The van der Waals surface area contributed by atoms with Gasteiger partial charge in [0, 0.05) is 15.7 Å². The zero-order valence-corrected chi connectivity index (χ0v) is 22.0. The van der Waals surface area contributed by atoms with E-state index < -0.39 is 0 Å². The van der Waals surface area contributed by atoms with E-state index in [2.05, 4.69) is 47.7 Å². The van der Waals surface area contributed by atoms with Crippen LogP contribution in [0.4, 0.5) is 5.69 Å². The van der Waals surface area contributed by atoms with Crippen LogP contribution in [0.25, 0.3) is 0 Å². The number of benzene rings is 3. The third-order valence-electron chi connectivity index (χ3n) is 4.74. The first-order valence-electron chi connectivity index (χ1n) is 10.2. The number of carbonyl (C=O) groups is 2. The predicted octanol–water partition coefficient (Wildman–Crippen LogP) is 5.62. The van der Waals surface area contributed by atoms with Gasteiger partial charge < -0.3 is 14.8 Å². The summed E-state index contributed by atoms with van der Waals surface area (Å²) in [6.45, 7) is 3.74. The smallest absolute Gasteiger partial charge is 0.271 e. The third-order valence-corrected chi connectivity index (χ3v) is 5.86. The average Bonchev–Trinajstić information content (AvgIpc) is 2.80. The highest BCUT2D eigenvalue weighted by Crippen LogP contribution is 2.36. The van der Waals surface area contributed by atoms with Crippen molar-refractivity contribution in [3.63, 3.8) is 0 Å². The Hall–Kier alpha value is -3.17. The van der Waals surface area contributed by atoms with Crippen molar-refractivity contribution in [2.45, 2.75) is 13.8 Å². The fraction of sp³-hybridized carbons (Fsp3) is 0.160. The van der Waals surface area contributed by atoms with E-state index in [4.69, 9.17) is 9.47 Å². The van der Waals surface area contributed by atoms with Crippen molar-refractivity contribution in [1.82, 2.24) is 5.43 Å². The lowest BCUT2D eigenvalue weighted by molar-refractivity contribution is -0.118. The molecule has 7 nitrogen and oxygen atoms in total. The van der Waals surface area contributed by atoms with E-state index in [1.165, 1.54) is 13.3 Å². The maximum absolute atomic E-state index is 12.4. The number of carbonyl (C=O) groups excluding carboxylic acids is 2. The number of methoxy groups -OCH3 is 1. The van der Waals surface area contributed by atoms with Gasteiger partial charge in [-0.15, -0.1) is 0 Å². The number of halogens is 2. The molecule has 34 heavy (non-hydrogen) atoms. The molecule has 176 valence electrons. The van der Waals surface area contributed by atoms with Gasteiger partial charge in [-0.1, -0.05) is 33.6 Å². The molecule has 0 fully saturated rings. The van der Waals surface area contributed by atoms with Crippen LogP contribution in [0, 0.1) is 13.8 Å². The zero-order valence-electron chi connectivity index (χ0n) is 18.8. The van der Waals surface area contributed by atoms with Crippen LogP contribution in [0.3, 0.4) is 0 Å². The van der Waals surface area contributed by atoms with Crippen molar-refractivity contribution in [3.05, 3.63) is 85.8 Å². The van der Waals surface area contributed by atoms with Crippen LogP contribution in [0.2, 0.25) is 0 Å². The van der Waals surface area contributed by atoms with Gasteiger partial charge in [-0.2, -0.15) is 5.10 Å². The Morgan fingerprint density at radius 3 is 2.44 bits per heavy atom. The Balaban J connectivity index is 1.63. The molecule has 3 rings (SSSR count). The topological polar surface area (TPSA) is 89.0 Å². The summed E-state index contributed by atoms with van der Waals surface area (Å²) < 4.78 is 12.6. The third kappa shape index (κ3) is 6.91. The second kappa shape index (κ2) is 11.8. The molecule has 0 heterocycles. The summed E-state index contributed by atoms with van der Waals surface area (Å²) in [4.78, 5) is 24.6. The van der Waals surface area contributed by atoms with Gasteiger partial charge in [0.1, 0.15) is 0 Å². The number of anilines is 1. The molecular formula is C25H23Br2N3O4. The summed E-state index contributed by atoms with van der Waals surface area (Å²) in [6.07, 6.45) is 1.49. The van der Waals surface area contributed by atoms with Crippen molar-refractivity contribution in [2.75, 3.05) is 19.0 Å². The van der Waals surface area contributed by atoms with Crippen molar-refractivity contribution in [2.24, 2.45) is 5.10 Å². The largest absolute Gasteiger partial charge is 0.493 e. The molecule has 0 aliphatic carbocycles. The number of rotatable bonds is 8. The van der Waals surface area contributed by atoms with E-state index in [0.29, 0.717) is 27.1 Å². The number of nitrogens with zero attached hydrogens (tertiary/aromatic N) is 1. The van der Waals surface area contributed by atoms with Gasteiger partial charge in [0.05, 0.1) is 17.8 Å². The van der Waals surface area contributed by atoms with Crippen LogP contribution in [0.15, 0.2) is 68.6 Å². The van der Waals surface area contributed by atoms with Crippen LogP contribution in [0.5, 0.6) is 11.5 Å². The van der Waals surface area contributed by atoms with Gasteiger partial charge >= 0.3 is 0 Å². The Labute approximate surface area is 214 Å². The molecule has 9 heteroatoms. The standard InChI is InChI=1S/C25H23Br2N3O4/c1-15-4-9-21(16(2)10-15)29-23(31)14-34-24-20(27)11-17(12-22(24)33-3)13-28-30-25(32)18-5-7-19(26)8-6-18/h4-13H,14H2,1-3H3,(H,29,31)(H,30,32)/b28-13+. The minimum atomic E-state index is -0.329. The van der Waals surface area contributed by atoms with Gasteiger partial charge in [-0.25, -0.2) is 5.43 Å². The Morgan fingerprint density at radius 1 is 1.03 bits per heavy atom. The first-order chi connectivity index (χ1) is 16.3. The molecule has 0 saturated carbocycles. The SMILES string of the molecule is COc1cc(/C=N/NC(=O)c2ccc(Br)cc2)cc(Br)c1OCC(=O)Nc1ccc(C)cc1C. The van der Waals surface area contributed by atoms with Crippen LogP contribution in [0.1, 0.15) is 27.0 Å². The van der Waals surface area contributed by atoms with Crippen LogP contribution in [-0.4, -0.2) is 31.7 Å². The monoisotopic (exact) mass is 587 g/mol. The first-order valence-corrected chi connectivity index (χ1v) is 11.8. The number of ether oxygens (including phenoxy) is 2. The summed E-state index contributed by atoms with van der Waals surface area (Å²) in [5, 5.41) is 6.85. The highest BCUT2D eigenvalue weighted by molar-refractivity contribution is 9.10. The molecule has 0 aromatic heterocycles. The number of hydrogen-bond acceptors (Lipinski definition) is 5. The molecule has 2 N–H and O–H groups in total. The zero-order chi connectivity index (χ0) is 24.7. The van der Waals surface area contributed by atoms with Gasteiger partial charge in [0.25, 0.3) is 11.8 Å². The van der Waals surface area contributed by atoms with Crippen molar-refractivity contribution < 1.29 is 19.1 Å². The van der Waals surface area contributed by atoms with Crippen LogP contribution < -0.4 is 20.2 Å². The maximum atomic E-state index is 12.4. The van der Waals surface area contributed by atoms with E-state index in [1.54, 1.807) is 36.4 Å². The molecule has 0 bridgehead atoms. The van der Waals surface area contributed by atoms with E-state index >= 15 is 0 Å². The molecule has 0 unspecified atom stereocenters. The lowest BCUT2D eigenvalue weighted by Crippen LogP contribution is -2.21. The summed E-state index contributed by atoms with van der Waals surface area (Å²) in [7, 11) is 1.50. The predicted molar refractivity (Wildman–Crippen MR) is 140 cm³/mol. The summed E-state index contributed by atoms with van der Waals surface area (Å²) in [5.41, 5.74) is 6.47. The molecule has 0 radical (unpaired) electrons. The first kappa shape index (κ1) is 25.5. The van der Waals surface area contributed by atoms with Crippen LogP contribution in [-0.2, 0) is 4.79 Å². The number of aryl methyl sites for hydroxylation is 2. The van der Waals surface area contributed by atoms with Crippen molar-refractivity contribution >= 4 is 55.6 Å². The Morgan fingerprint density at radius 2 is 1.76 bits per heavy atom. The van der Waals surface area contributed by atoms with Gasteiger partial charge in [0.15, 0.2) is 18.1 Å². The minimum absolute atomic E-state index is 0.195. The molecule has 0 aliphatic rings. The van der Waals surface area contributed by atoms with Crippen LogP contribution >= 0.6 is 31.9 Å². The van der Waals surface area contributed by atoms with E-state index in [0.717, 1.165) is 21.3 Å². The molecule has 2 amide bonds. The fourth-order valence-electron chi connectivity index (χ4n) is 3.06. The normalized spacial score (nSPS) is 10.7. The fourth-order valence-corrected chi connectivity index (χ4v) is 3.90. The molecule has 0 saturated heterocycles. The quantitative estimate of drug-likeness (QED) is 0.264. The van der Waals surface area contributed by atoms with E-state index in [1.807, 2.05) is 32.0 Å². The maximum Gasteiger partial charge on any atom is 0.271 e. The highest BCUT2D eigenvalue weighted by atomic mass is 79.9. The van der Waals surface area contributed by atoms with Gasteiger partial charge in [-0.05, 0) is 83.4 Å². The molecular weight excluding hydrogens is 566 g/mol. The Bertz CT molecular complexity index is 1230. The molecule has 3 aromatic carbocycles. The number of hydrazone groups is 1. The lowest BCUT2D eigenvalue weighted by atomic mass is 10.1. The number of amides is 2. The van der Waals surface area contributed by atoms with Crippen molar-refractivity contribution in [3.8, 4) is 11.5 Å². The average molecular weight is 589 g/mol. The van der Waals surface area contributed by atoms with Crippen molar-refractivity contribution in [1.29, 1.82) is 0 Å². The number of hydrogen-bond donors (Lipinski definition) is 2. The molecule has 0 atom stereocenters. The lowest BCUT2D eigenvalue weighted by Gasteiger charge is -2.14. The summed E-state index contributed by atoms with van der Waals surface area (Å²) in [5.74, 6) is 0.176. The highest BCUT2D eigenvalue weighted by Gasteiger charge is 2.14. The summed E-state index contributed by atoms with van der Waals surface area (Å²) >= 11 is 6.78. The molecule has 0 aliphatic heterocycles. The second-order valence-corrected chi connectivity index (χ2v) is 9.17. The van der Waals surface area contributed by atoms with E-state index in [9.17, 15) is 9.59 Å². The molecule has 3 aromatic rings. The second-order valence-electron chi connectivity index (χ2n) is 7.40.